The summed E-state index contributed by atoms with van der Waals surface area (Å²) in [4.78, 5) is 16.7. The molecule has 2 aromatic carbocycles. The molecule has 2 aromatic rings. The van der Waals surface area contributed by atoms with Crippen LogP contribution in [-0.4, -0.2) is 69.8 Å². The number of nitrogens with zero attached hydrogens (tertiary/aromatic N) is 3. The first-order valence-electron chi connectivity index (χ1n) is 10.00. The van der Waals surface area contributed by atoms with Crippen LogP contribution in [0.25, 0.3) is 0 Å². The van der Waals surface area contributed by atoms with Crippen molar-refractivity contribution in [3.8, 4) is 29.1 Å². The number of methoxy groups -OCH3 is 3. The van der Waals surface area contributed by atoms with E-state index in [0.29, 0.717) is 30.2 Å². The number of piperazine rings is 1. The summed E-state index contributed by atoms with van der Waals surface area (Å²) in [5.74, 6) is 2.41. The van der Waals surface area contributed by atoms with E-state index in [1.807, 2.05) is 18.2 Å². The Balaban J connectivity index is 1.52. The first-order chi connectivity index (χ1) is 15.1. The Kier molecular flexibility index (Phi) is 7.57. The molecule has 0 spiro atoms. The molecule has 1 fully saturated rings. The second-order valence-corrected chi connectivity index (χ2v) is 7.10. The van der Waals surface area contributed by atoms with Crippen LogP contribution in [0.4, 0.5) is 0 Å². The van der Waals surface area contributed by atoms with Crippen molar-refractivity contribution in [2.75, 3.05) is 54.1 Å². The Morgan fingerprint density at radius 1 is 0.935 bits per heavy atom. The van der Waals surface area contributed by atoms with Crippen molar-refractivity contribution in [3.05, 3.63) is 47.5 Å². The van der Waals surface area contributed by atoms with Crippen LogP contribution in [0.3, 0.4) is 0 Å². The number of ether oxygens (including phenoxy) is 4. The van der Waals surface area contributed by atoms with Gasteiger partial charge in [-0.3, -0.25) is 9.69 Å². The SMILES string of the molecule is COc1ccc(OC)c(CN2CCN(C(=O)COc3ccc(C#N)cc3OC)CC2)c1. The fourth-order valence-electron chi connectivity index (χ4n) is 3.49. The molecule has 0 radical (unpaired) electrons. The molecule has 0 aliphatic carbocycles. The van der Waals surface area contributed by atoms with Gasteiger partial charge in [-0.25, -0.2) is 0 Å². The number of nitriles is 1. The lowest BCUT2D eigenvalue weighted by atomic mass is 10.1. The van der Waals surface area contributed by atoms with Gasteiger partial charge in [0.2, 0.25) is 0 Å². The van der Waals surface area contributed by atoms with E-state index >= 15 is 0 Å². The third kappa shape index (κ3) is 5.58. The number of rotatable bonds is 8. The van der Waals surface area contributed by atoms with E-state index in [-0.39, 0.29) is 12.5 Å². The molecule has 8 heteroatoms. The fraction of sp³-hybridized carbons (Fsp3) is 0.391. The molecule has 0 unspecified atom stereocenters. The van der Waals surface area contributed by atoms with Crippen molar-refractivity contribution in [3.63, 3.8) is 0 Å². The highest BCUT2D eigenvalue weighted by molar-refractivity contribution is 5.78. The minimum atomic E-state index is -0.0787. The predicted octanol–water partition coefficient (Wildman–Crippen LogP) is 2.31. The van der Waals surface area contributed by atoms with E-state index < -0.39 is 0 Å². The Labute approximate surface area is 182 Å². The van der Waals surface area contributed by atoms with E-state index in [2.05, 4.69) is 11.0 Å². The van der Waals surface area contributed by atoms with Crippen molar-refractivity contribution in [1.29, 1.82) is 5.26 Å². The normalized spacial score (nSPS) is 13.9. The first kappa shape index (κ1) is 22.2. The average molecular weight is 425 g/mol. The molecule has 164 valence electrons. The third-order valence-corrected chi connectivity index (χ3v) is 5.25. The monoisotopic (exact) mass is 425 g/mol. The molecular weight excluding hydrogens is 398 g/mol. The van der Waals surface area contributed by atoms with Gasteiger partial charge in [-0.15, -0.1) is 0 Å². The Bertz CT molecular complexity index is 949. The zero-order valence-electron chi connectivity index (χ0n) is 18.1. The minimum absolute atomic E-state index is 0.0774. The summed E-state index contributed by atoms with van der Waals surface area (Å²) in [6.07, 6.45) is 0. The van der Waals surface area contributed by atoms with E-state index in [1.165, 1.54) is 7.11 Å². The van der Waals surface area contributed by atoms with Gasteiger partial charge in [0.25, 0.3) is 5.91 Å². The molecule has 3 rings (SSSR count). The van der Waals surface area contributed by atoms with E-state index in [4.69, 9.17) is 24.2 Å². The predicted molar refractivity (Wildman–Crippen MR) is 115 cm³/mol. The molecular formula is C23H27N3O5. The lowest BCUT2D eigenvalue weighted by molar-refractivity contribution is -0.135. The minimum Gasteiger partial charge on any atom is -0.497 e. The Morgan fingerprint density at radius 3 is 2.29 bits per heavy atom. The molecule has 1 heterocycles. The number of hydrogen-bond donors (Lipinski definition) is 0. The molecule has 0 bridgehead atoms. The molecule has 0 aromatic heterocycles. The number of benzene rings is 2. The summed E-state index contributed by atoms with van der Waals surface area (Å²) in [7, 11) is 4.80. The van der Waals surface area contributed by atoms with E-state index in [9.17, 15) is 4.79 Å². The molecule has 0 saturated carbocycles. The highest BCUT2D eigenvalue weighted by atomic mass is 16.5. The summed E-state index contributed by atoms with van der Waals surface area (Å²) in [5.41, 5.74) is 1.53. The second-order valence-electron chi connectivity index (χ2n) is 7.10. The van der Waals surface area contributed by atoms with Crippen LogP contribution in [0.15, 0.2) is 36.4 Å². The number of carbonyl (C=O) groups is 1. The van der Waals surface area contributed by atoms with Crippen LogP contribution in [0.5, 0.6) is 23.0 Å². The van der Waals surface area contributed by atoms with Crippen molar-refractivity contribution in [2.45, 2.75) is 6.54 Å². The summed E-state index contributed by atoms with van der Waals surface area (Å²) >= 11 is 0. The number of carbonyl (C=O) groups excluding carboxylic acids is 1. The van der Waals surface area contributed by atoms with Gasteiger partial charge in [0, 0.05) is 44.4 Å². The fourth-order valence-corrected chi connectivity index (χ4v) is 3.49. The van der Waals surface area contributed by atoms with Gasteiger partial charge in [0.15, 0.2) is 18.1 Å². The van der Waals surface area contributed by atoms with Crippen molar-refractivity contribution in [1.82, 2.24) is 9.80 Å². The number of amides is 1. The largest absolute Gasteiger partial charge is 0.497 e. The van der Waals surface area contributed by atoms with Gasteiger partial charge in [-0.05, 0) is 30.3 Å². The molecule has 1 amide bonds. The van der Waals surface area contributed by atoms with Crippen molar-refractivity contribution in [2.24, 2.45) is 0 Å². The summed E-state index contributed by atoms with van der Waals surface area (Å²) in [5, 5.41) is 8.98. The van der Waals surface area contributed by atoms with E-state index in [0.717, 1.165) is 36.7 Å². The molecule has 0 N–H and O–H groups in total. The highest BCUT2D eigenvalue weighted by Gasteiger charge is 2.22. The van der Waals surface area contributed by atoms with Gasteiger partial charge < -0.3 is 23.8 Å². The van der Waals surface area contributed by atoms with Gasteiger partial charge >= 0.3 is 0 Å². The van der Waals surface area contributed by atoms with Crippen molar-refractivity contribution < 1.29 is 23.7 Å². The second kappa shape index (κ2) is 10.5. The lowest BCUT2D eigenvalue weighted by Crippen LogP contribution is -2.49. The van der Waals surface area contributed by atoms with Crippen LogP contribution in [0.2, 0.25) is 0 Å². The van der Waals surface area contributed by atoms with Gasteiger partial charge in [0.05, 0.1) is 33.0 Å². The maximum absolute atomic E-state index is 12.6. The molecule has 1 aliphatic rings. The van der Waals surface area contributed by atoms with Crippen LogP contribution in [-0.2, 0) is 11.3 Å². The maximum atomic E-state index is 12.6. The maximum Gasteiger partial charge on any atom is 0.260 e. The van der Waals surface area contributed by atoms with Crippen LogP contribution >= 0.6 is 0 Å². The van der Waals surface area contributed by atoms with Crippen LogP contribution in [0.1, 0.15) is 11.1 Å². The molecule has 1 aliphatic heterocycles. The highest BCUT2D eigenvalue weighted by Crippen LogP contribution is 2.28. The van der Waals surface area contributed by atoms with Crippen molar-refractivity contribution >= 4 is 5.91 Å². The smallest absolute Gasteiger partial charge is 0.260 e. The average Bonchev–Trinajstić information content (AvgIpc) is 2.82. The third-order valence-electron chi connectivity index (χ3n) is 5.25. The Morgan fingerprint density at radius 2 is 1.65 bits per heavy atom. The zero-order chi connectivity index (χ0) is 22.2. The standard InChI is InChI=1S/C23H27N3O5/c1-28-19-5-7-20(29-2)18(13-19)15-25-8-10-26(11-9-25)23(27)16-31-21-6-4-17(14-24)12-22(21)30-3/h4-7,12-13H,8-11,15-16H2,1-3H3. The zero-order valence-corrected chi connectivity index (χ0v) is 18.1. The van der Waals surface area contributed by atoms with Crippen LogP contribution < -0.4 is 18.9 Å². The lowest BCUT2D eigenvalue weighted by Gasteiger charge is -2.35. The summed E-state index contributed by atoms with van der Waals surface area (Å²) < 4.78 is 21.7. The topological polar surface area (TPSA) is 84.3 Å². The first-order valence-corrected chi connectivity index (χ1v) is 10.00. The quantitative estimate of drug-likeness (QED) is 0.642. The van der Waals surface area contributed by atoms with Gasteiger partial charge in [-0.2, -0.15) is 5.26 Å². The van der Waals surface area contributed by atoms with Crippen LogP contribution in [0, 0.1) is 11.3 Å². The molecule has 1 saturated heterocycles. The molecule has 0 atom stereocenters. The molecule has 31 heavy (non-hydrogen) atoms. The van der Waals surface area contributed by atoms with Gasteiger partial charge in [0.1, 0.15) is 11.5 Å². The summed E-state index contributed by atoms with van der Waals surface area (Å²) in [6, 6.07) is 12.7. The number of hydrogen-bond acceptors (Lipinski definition) is 7. The Hall–Kier alpha value is -3.44. The van der Waals surface area contributed by atoms with Gasteiger partial charge in [-0.1, -0.05) is 0 Å². The van der Waals surface area contributed by atoms with E-state index in [1.54, 1.807) is 37.3 Å². The summed E-state index contributed by atoms with van der Waals surface area (Å²) in [6.45, 7) is 3.41. The molecule has 8 nitrogen and oxygen atoms in total.